The standard InChI is InChI=1S/C11H21N3O4/c1-7(2)6-8(10(16)17)14-11(18)13-5-3-4-9(12)15/h7-8H,3-6H2,1-2H3,(H2,12,15)(H,16,17)(H2,13,14,18). The second-order valence-electron chi connectivity index (χ2n) is 4.49. The van der Waals surface area contributed by atoms with E-state index in [1.807, 2.05) is 13.8 Å². The van der Waals surface area contributed by atoms with E-state index in [-0.39, 0.29) is 18.9 Å². The van der Waals surface area contributed by atoms with Crippen LogP contribution >= 0.6 is 0 Å². The van der Waals surface area contributed by atoms with Gasteiger partial charge >= 0.3 is 12.0 Å². The van der Waals surface area contributed by atoms with Crippen molar-refractivity contribution >= 4 is 17.9 Å². The van der Waals surface area contributed by atoms with Gasteiger partial charge in [0.1, 0.15) is 6.04 Å². The van der Waals surface area contributed by atoms with Crippen molar-refractivity contribution in [1.29, 1.82) is 0 Å². The predicted octanol–water partition coefficient (Wildman–Crippen LogP) is 0.0504. The fraction of sp³-hybridized carbons (Fsp3) is 0.727. The molecule has 5 N–H and O–H groups in total. The quantitative estimate of drug-likeness (QED) is 0.460. The second-order valence-corrected chi connectivity index (χ2v) is 4.49. The van der Waals surface area contributed by atoms with Crippen LogP contribution in [0.1, 0.15) is 33.1 Å². The van der Waals surface area contributed by atoms with Crippen LogP contribution in [0.2, 0.25) is 0 Å². The Bertz CT molecular complexity index is 305. The summed E-state index contributed by atoms with van der Waals surface area (Å²) in [4.78, 5) is 32.7. The van der Waals surface area contributed by atoms with Gasteiger partial charge in [0.2, 0.25) is 5.91 Å². The molecule has 1 atom stereocenters. The van der Waals surface area contributed by atoms with Gasteiger partial charge in [-0.2, -0.15) is 0 Å². The van der Waals surface area contributed by atoms with Crippen LogP contribution in [0.4, 0.5) is 4.79 Å². The highest BCUT2D eigenvalue weighted by atomic mass is 16.4. The number of amides is 3. The van der Waals surface area contributed by atoms with Crippen molar-refractivity contribution in [2.45, 2.75) is 39.2 Å². The molecule has 0 fully saturated rings. The van der Waals surface area contributed by atoms with E-state index >= 15 is 0 Å². The fourth-order valence-electron chi connectivity index (χ4n) is 1.37. The lowest BCUT2D eigenvalue weighted by Gasteiger charge is -2.16. The Labute approximate surface area is 106 Å². The van der Waals surface area contributed by atoms with Crippen molar-refractivity contribution in [3.05, 3.63) is 0 Å². The number of hydrogen-bond donors (Lipinski definition) is 4. The minimum absolute atomic E-state index is 0.168. The highest BCUT2D eigenvalue weighted by Crippen LogP contribution is 2.04. The number of carbonyl (C=O) groups is 3. The average molecular weight is 259 g/mol. The van der Waals surface area contributed by atoms with Crippen LogP contribution in [0.25, 0.3) is 0 Å². The summed E-state index contributed by atoms with van der Waals surface area (Å²) in [6.45, 7) is 4.04. The summed E-state index contributed by atoms with van der Waals surface area (Å²) >= 11 is 0. The predicted molar refractivity (Wildman–Crippen MR) is 65.8 cm³/mol. The number of carboxylic acids is 1. The largest absolute Gasteiger partial charge is 0.480 e. The van der Waals surface area contributed by atoms with Gasteiger partial charge in [-0.15, -0.1) is 0 Å². The molecule has 104 valence electrons. The molecule has 0 aliphatic rings. The molecule has 0 aromatic rings. The zero-order chi connectivity index (χ0) is 14.1. The zero-order valence-corrected chi connectivity index (χ0v) is 10.7. The van der Waals surface area contributed by atoms with Crippen LogP contribution in [0.15, 0.2) is 0 Å². The summed E-state index contributed by atoms with van der Waals surface area (Å²) in [5.74, 6) is -1.32. The number of primary amides is 1. The molecule has 7 nitrogen and oxygen atoms in total. The van der Waals surface area contributed by atoms with Gasteiger partial charge in [0.05, 0.1) is 0 Å². The van der Waals surface area contributed by atoms with Crippen molar-refractivity contribution < 1.29 is 19.5 Å². The number of nitrogens with two attached hydrogens (primary N) is 1. The van der Waals surface area contributed by atoms with Crippen molar-refractivity contribution in [1.82, 2.24) is 10.6 Å². The SMILES string of the molecule is CC(C)CC(NC(=O)NCCCC(N)=O)C(=O)O. The number of carboxylic acid groups (broad SMARTS) is 1. The van der Waals surface area contributed by atoms with Crippen LogP contribution < -0.4 is 16.4 Å². The summed E-state index contributed by atoms with van der Waals surface area (Å²) in [5, 5.41) is 13.8. The number of urea groups is 1. The van der Waals surface area contributed by atoms with Crippen LogP contribution in [-0.2, 0) is 9.59 Å². The van der Waals surface area contributed by atoms with Crippen LogP contribution in [0, 0.1) is 5.92 Å². The van der Waals surface area contributed by atoms with Gasteiger partial charge in [0, 0.05) is 13.0 Å². The Balaban J connectivity index is 3.95. The van der Waals surface area contributed by atoms with Gasteiger partial charge in [-0.05, 0) is 18.8 Å². The first-order valence-corrected chi connectivity index (χ1v) is 5.88. The number of rotatable bonds is 8. The molecule has 0 bridgehead atoms. The Morgan fingerprint density at radius 2 is 1.89 bits per heavy atom. The number of aliphatic carboxylic acids is 1. The fourth-order valence-corrected chi connectivity index (χ4v) is 1.37. The van der Waals surface area contributed by atoms with Gasteiger partial charge in [-0.3, -0.25) is 4.79 Å². The van der Waals surface area contributed by atoms with E-state index < -0.39 is 23.9 Å². The molecule has 0 saturated carbocycles. The molecular weight excluding hydrogens is 238 g/mol. The summed E-state index contributed by atoms with van der Waals surface area (Å²) in [6, 6.07) is -1.45. The zero-order valence-electron chi connectivity index (χ0n) is 10.7. The lowest BCUT2D eigenvalue weighted by molar-refractivity contribution is -0.139. The number of nitrogens with one attached hydrogen (secondary N) is 2. The first kappa shape index (κ1) is 16.2. The molecule has 0 radical (unpaired) electrons. The Morgan fingerprint density at radius 1 is 1.28 bits per heavy atom. The molecule has 0 rings (SSSR count). The third-order valence-corrected chi connectivity index (χ3v) is 2.20. The maximum absolute atomic E-state index is 11.4. The summed E-state index contributed by atoms with van der Waals surface area (Å²) in [7, 11) is 0. The number of carbonyl (C=O) groups excluding carboxylic acids is 2. The first-order chi connectivity index (χ1) is 8.32. The molecule has 3 amide bonds. The molecule has 0 heterocycles. The van der Waals surface area contributed by atoms with Gasteiger partial charge in [-0.1, -0.05) is 13.8 Å². The van der Waals surface area contributed by atoms with Crippen molar-refractivity contribution in [2.24, 2.45) is 11.7 Å². The lowest BCUT2D eigenvalue weighted by Crippen LogP contribution is -2.46. The van der Waals surface area contributed by atoms with Gasteiger partial charge in [0.25, 0.3) is 0 Å². The molecule has 7 heteroatoms. The highest BCUT2D eigenvalue weighted by Gasteiger charge is 2.20. The van der Waals surface area contributed by atoms with Crippen molar-refractivity contribution in [3.63, 3.8) is 0 Å². The van der Waals surface area contributed by atoms with E-state index in [0.717, 1.165) is 0 Å². The first-order valence-electron chi connectivity index (χ1n) is 5.88. The van der Waals surface area contributed by atoms with Crippen LogP contribution in [-0.4, -0.2) is 35.6 Å². The minimum atomic E-state index is -1.06. The smallest absolute Gasteiger partial charge is 0.326 e. The molecule has 0 aromatic heterocycles. The van der Waals surface area contributed by atoms with Gasteiger partial charge in [0.15, 0.2) is 0 Å². The Kier molecular flexibility index (Phi) is 7.50. The Morgan fingerprint density at radius 3 is 2.33 bits per heavy atom. The molecule has 0 aliphatic carbocycles. The molecule has 18 heavy (non-hydrogen) atoms. The van der Waals surface area contributed by atoms with E-state index in [9.17, 15) is 14.4 Å². The van der Waals surface area contributed by atoms with Gasteiger partial charge in [-0.25, -0.2) is 9.59 Å². The maximum atomic E-state index is 11.4. The molecule has 0 aliphatic heterocycles. The molecule has 0 saturated heterocycles. The molecular formula is C11H21N3O4. The van der Waals surface area contributed by atoms with E-state index in [4.69, 9.17) is 10.8 Å². The van der Waals surface area contributed by atoms with E-state index in [2.05, 4.69) is 10.6 Å². The average Bonchev–Trinajstić information content (AvgIpc) is 2.22. The Hall–Kier alpha value is -1.79. The lowest BCUT2D eigenvalue weighted by atomic mass is 10.0. The monoisotopic (exact) mass is 259 g/mol. The molecule has 0 spiro atoms. The van der Waals surface area contributed by atoms with Gasteiger partial charge < -0.3 is 21.5 Å². The molecule has 0 aromatic carbocycles. The van der Waals surface area contributed by atoms with E-state index in [1.54, 1.807) is 0 Å². The van der Waals surface area contributed by atoms with Crippen molar-refractivity contribution in [2.75, 3.05) is 6.54 Å². The summed E-state index contributed by atoms with van der Waals surface area (Å²) < 4.78 is 0. The van der Waals surface area contributed by atoms with Crippen LogP contribution in [0.5, 0.6) is 0 Å². The summed E-state index contributed by atoms with van der Waals surface area (Å²) in [5.41, 5.74) is 4.94. The van der Waals surface area contributed by atoms with E-state index in [1.165, 1.54) is 0 Å². The second kappa shape index (κ2) is 8.32. The van der Waals surface area contributed by atoms with Crippen molar-refractivity contribution in [3.8, 4) is 0 Å². The summed E-state index contributed by atoms with van der Waals surface area (Å²) in [6.07, 6.45) is 0.989. The number of hydrogen-bond acceptors (Lipinski definition) is 3. The highest BCUT2D eigenvalue weighted by molar-refractivity contribution is 5.82. The minimum Gasteiger partial charge on any atom is -0.480 e. The third kappa shape index (κ3) is 8.37. The topological polar surface area (TPSA) is 122 Å². The third-order valence-electron chi connectivity index (χ3n) is 2.20. The normalized spacial score (nSPS) is 11.9. The van der Waals surface area contributed by atoms with E-state index in [0.29, 0.717) is 12.8 Å². The van der Waals surface area contributed by atoms with Crippen LogP contribution in [0.3, 0.4) is 0 Å². The molecule has 1 unspecified atom stereocenters. The maximum Gasteiger partial charge on any atom is 0.326 e.